The molecule has 0 saturated carbocycles. The average molecular weight is 253 g/mol. The first-order valence-electron chi connectivity index (χ1n) is 6.13. The molecule has 0 amide bonds. The molecule has 1 aromatic heterocycles. The van der Waals surface area contributed by atoms with Crippen LogP contribution in [-0.2, 0) is 0 Å². The van der Waals surface area contributed by atoms with E-state index in [2.05, 4.69) is 0 Å². The Bertz CT molecular complexity index is 645. The third-order valence-corrected chi connectivity index (χ3v) is 2.96. The van der Waals surface area contributed by atoms with Crippen molar-refractivity contribution >= 4 is 17.8 Å². The van der Waals surface area contributed by atoms with Crippen LogP contribution in [-0.4, -0.2) is 5.78 Å². The number of aromatic nitrogens is 1. The summed E-state index contributed by atoms with van der Waals surface area (Å²) < 4.78 is 1.71. The monoisotopic (exact) mass is 253 g/mol. The molecule has 0 aliphatic heterocycles. The van der Waals surface area contributed by atoms with Crippen molar-refractivity contribution in [2.45, 2.75) is 13.8 Å². The average Bonchev–Trinajstić information content (AvgIpc) is 2.37. The number of aryl methyl sites for hydroxylation is 2. The molecule has 0 radical (unpaired) electrons. The van der Waals surface area contributed by atoms with Gasteiger partial charge in [0.2, 0.25) is 0 Å². The summed E-state index contributed by atoms with van der Waals surface area (Å²) in [5, 5.41) is 0. The summed E-state index contributed by atoms with van der Waals surface area (Å²) in [4.78, 5) is 12.1. The largest absolute Gasteiger partial charge is 0.289 e. The molecule has 2 aromatic rings. The first kappa shape index (κ1) is 13.0. The van der Waals surface area contributed by atoms with Crippen LogP contribution in [0.1, 0.15) is 21.5 Å². The van der Waals surface area contributed by atoms with Crippen LogP contribution in [0.4, 0.5) is 5.82 Å². The Morgan fingerprint density at radius 3 is 2.68 bits per heavy atom. The zero-order valence-electron chi connectivity index (χ0n) is 11.1. The number of carbonyl (C=O) groups is 1. The number of hydrogen-bond donors (Lipinski definition) is 1. The van der Waals surface area contributed by atoms with E-state index in [-0.39, 0.29) is 5.78 Å². The fraction of sp³-hybridized carbons (Fsp3) is 0.125. The molecular formula is C16H17N2O+. The highest BCUT2D eigenvalue weighted by atomic mass is 16.1. The number of nitrogen functional groups attached to an aromatic ring is 1. The lowest BCUT2D eigenvalue weighted by Crippen LogP contribution is -2.29. The van der Waals surface area contributed by atoms with Gasteiger partial charge in [-0.1, -0.05) is 29.8 Å². The van der Waals surface area contributed by atoms with E-state index in [0.29, 0.717) is 5.82 Å². The second kappa shape index (κ2) is 5.48. The Morgan fingerprint density at radius 2 is 2.00 bits per heavy atom. The molecule has 0 atom stereocenters. The molecule has 2 rings (SSSR count). The number of pyridine rings is 1. The maximum atomic E-state index is 12.1. The van der Waals surface area contributed by atoms with Gasteiger partial charge in [0.1, 0.15) is 0 Å². The fourth-order valence-electron chi connectivity index (χ4n) is 1.93. The third kappa shape index (κ3) is 3.07. The zero-order chi connectivity index (χ0) is 13.8. The first-order chi connectivity index (χ1) is 9.08. The Hall–Kier alpha value is -2.42. The van der Waals surface area contributed by atoms with Gasteiger partial charge in [-0.3, -0.25) is 10.5 Å². The van der Waals surface area contributed by atoms with Gasteiger partial charge in [0.05, 0.1) is 12.4 Å². The van der Waals surface area contributed by atoms with Gasteiger partial charge >= 0.3 is 0 Å². The Morgan fingerprint density at radius 1 is 1.21 bits per heavy atom. The number of rotatable bonds is 3. The lowest BCUT2D eigenvalue weighted by molar-refractivity contribution is -0.552. The third-order valence-electron chi connectivity index (χ3n) is 2.96. The van der Waals surface area contributed by atoms with Crippen LogP contribution in [0.5, 0.6) is 0 Å². The van der Waals surface area contributed by atoms with Crippen molar-refractivity contribution in [2.24, 2.45) is 0 Å². The van der Waals surface area contributed by atoms with E-state index in [4.69, 9.17) is 5.73 Å². The van der Waals surface area contributed by atoms with Crippen molar-refractivity contribution in [2.75, 3.05) is 5.73 Å². The minimum absolute atomic E-state index is 0.0201. The van der Waals surface area contributed by atoms with Crippen LogP contribution in [0, 0.1) is 13.8 Å². The summed E-state index contributed by atoms with van der Waals surface area (Å²) in [6.45, 7) is 3.95. The topological polar surface area (TPSA) is 47.0 Å². The van der Waals surface area contributed by atoms with E-state index in [1.54, 1.807) is 23.0 Å². The molecule has 0 fully saturated rings. The molecule has 0 unspecified atom stereocenters. The van der Waals surface area contributed by atoms with Gasteiger partial charge < -0.3 is 0 Å². The predicted molar refractivity (Wildman–Crippen MR) is 76.6 cm³/mol. The molecular weight excluding hydrogens is 236 g/mol. The molecule has 19 heavy (non-hydrogen) atoms. The Labute approximate surface area is 113 Å². The minimum atomic E-state index is -0.0201. The van der Waals surface area contributed by atoms with Crippen molar-refractivity contribution < 1.29 is 9.36 Å². The molecule has 0 bridgehead atoms. The van der Waals surface area contributed by atoms with Crippen LogP contribution in [0.15, 0.2) is 48.7 Å². The van der Waals surface area contributed by atoms with Crippen LogP contribution >= 0.6 is 0 Å². The van der Waals surface area contributed by atoms with Gasteiger partial charge in [0, 0.05) is 17.7 Å². The number of benzene rings is 1. The van der Waals surface area contributed by atoms with Crippen LogP contribution in [0.2, 0.25) is 0 Å². The highest BCUT2D eigenvalue weighted by molar-refractivity contribution is 6.06. The van der Waals surface area contributed by atoms with E-state index in [0.717, 1.165) is 16.7 Å². The van der Waals surface area contributed by atoms with Gasteiger partial charge in [0.25, 0.3) is 5.82 Å². The number of hydrogen-bond acceptors (Lipinski definition) is 2. The number of anilines is 1. The smallest absolute Gasteiger partial charge is 0.276 e. The van der Waals surface area contributed by atoms with Crippen molar-refractivity contribution in [1.29, 1.82) is 0 Å². The van der Waals surface area contributed by atoms with E-state index >= 15 is 0 Å². The second-order valence-electron chi connectivity index (χ2n) is 4.53. The second-order valence-corrected chi connectivity index (χ2v) is 4.53. The molecule has 96 valence electrons. The Kier molecular flexibility index (Phi) is 3.76. The van der Waals surface area contributed by atoms with Crippen molar-refractivity contribution in [3.8, 4) is 0 Å². The van der Waals surface area contributed by atoms with Crippen molar-refractivity contribution in [1.82, 2.24) is 0 Å². The summed E-state index contributed by atoms with van der Waals surface area (Å²) in [5.41, 5.74) is 8.65. The molecule has 0 spiro atoms. The maximum absolute atomic E-state index is 12.1. The molecule has 0 aliphatic carbocycles. The van der Waals surface area contributed by atoms with Crippen molar-refractivity contribution in [3.05, 3.63) is 65.4 Å². The lowest BCUT2D eigenvalue weighted by atomic mass is 10.0. The van der Waals surface area contributed by atoms with Crippen LogP contribution in [0.3, 0.4) is 0 Å². The zero-order valence-corrected chi connectivity index (χ0v) is 11.1. The lowest BCUT2D eigenvalue weighted by Gasteiger charge is -2.02. The molecule has 0 saturated heterocycles. The highest BCUT2D eigenvalue weighted by Gasteiger charge is 2.06. The number of nitrogens with two attached hydrogens (primary N) is 1. The Balaban J connectivity index is 2.24. The number of carbonyl (C=O) groups excluding carboxylic acids is 1. The van der Waals surface area contributed by atoms with Gasteiger partial charge in [-0.25, -0.2) is 4.57 Å². The summed E-state index contributed by atoms with van der Waals surface area (Å²) in [7, 11) is 0. The van der Waals surface area contributed by atoms with E-state index in [1.165, 1.54) is 6.08 Å². The molecule has 3 nitrogen and oxygen atoms in total. The molecule has 2 N–H and O–H groups in total. The summed E-state index contributed by atoms with van der Waals surface area (Å²) in [6.07, 6.45) is 5.02. The minimum Gasteiger partial charge on any atom is -0.289 e. The standard InChI is InChI=1S/C16H16N2O/c1-12-6-7-14(13(2)11-12)15(19)8-10-18-9-4-3-5-16(18)17/h3-11,17H,1-2H3/p+1/b10-8+. The van der Waals surface area contributed by atoms with E-state index < -0.39 is 0 Å². The van der Waals surface area contributed by atoms with Crippen LogP contribution in [0.25, 0.3) is 6.20 Å². The van der Waals surface area contributed by atoms with Gasteiger partial charge in [-0.2, -0.15) is 0 Å². The fourth-order valence-corrected chi connectivity index (χ4v) is 1.93. The molecule has 3 heteroatoms. The summed E-state index contributed by atoms with van der Waals surface area (Å²) in [6, 6.07) is 11.3. The summed E-state index contributed by atoms with van der Waals surface area (Å²) in [5.74, 6) is 0.570. The highest BCUT2D eigenvalue weighted by Crippen LogP contribution is 2.11. The number of allylic oxidation sites excluding steroid dienone is 1. The number of nitrogens with zero attached hydrogens (tertiary/aromatic N) is 1. The van der Waals surface area contributed by atoms with Gasteiger partial charge in [-0.15, -0.1) is 0 Å². The first-order valence-corrected chi connectivity index (χ1v) is 6.13. The molecule has 0 aliphatic rings. The quantitative estimate of drug-likeness (QED) is 0.519. The number of ketones is 1. The van der Waals surface area contributed by atoms with E-state index in [1.807, 2.05) is 44.2 Å². The van der Waals surface area contributed by atoms with Crippen molar-refractivity contribution in [3.63, 3.8) is 0 Å². The SMILES string of the molecule is Cc1ccc(C(=O)/C=C/[n+]2ccccc2N)c(C)c1. The normalized spacial score (nSPS) is 10.8. The van der Waals surface area contributed by atoms with Crippen LogP contribution < -0.4 is 10.3 Å². The molecule has 1 heterocycles. The van der Waals surface area contributed by atoms with E-state index in [9.17, 15) is 4.79 Å². The van der Waals surface area contributed by atoms with Gasteiger partial charge in [0.15, 0.2) is 5.78 Å². The molecule has 1 aromatic carbocycles. The maximum Gasteiger partial charge on any atom is 0.276 e. The van der Waals surface area contributed by atoms with Gasteiger partial charge in [-0.05, 0) is 25.5 Å². The predicted octanol–water partition coefficient (Wildman–Crippen LogP) is 2.53. The summed E-state index contributed by atoms with van der Waals surface area (Å²) >= 11 is 0.